The molecular weight excluding hydrogens is 342 g/mol. The molecular formula is C20H29N5O2. The summed E-state index contributed by atoms with van der Waals surface area (Å²) < 4.78 is 0. The maximum atomic E-state index is 12.3. The molecule has 1 amide bonds. The fourth-order valence-corrected chi connectivity index (χ4v) is 3.70. The van der Waals surface area contributed by atoms with Gasteiger partial charge >= 0.3 is 0 Å². The Hall–Kier alpha value is -2.25. The van der Waals surface area contributed by atoms with Gasteiger partial charge in [-0.15, -0.1) is 0 Å². The first-order chi connectivity index (χ1) is 12.9. The monoisotopic (exact) mass is 371 g/mol. The smallest absolute Gasteiger partial charge is 0.222 e. The number of amides is 1. The molecule has 3 N–H and O–H groups in total. The number of aryl methyl sites for hydroxylation is 1. The van der Waals surface area contributed by atoms with Gasteiger partial charge in [-0.05, 0) is 50.9 Å². The summed E-state index contributed by atoms with van der Waals surface area (Å²) in [5.41, 5.74) is 8.19. The van der Waals surface area contributed by atoms with E-state index in [0.717, 1.165) is 41.8 Å². The number of nitrogens with zero attached hydrogens (tertiary/aromatic N) is 4. The van der Waals surface area contributed by atoms with E-state index >= 15 is 0 Å². The minimum atomic E-state index is -0.919. The van der Waals surface area contributed by atoms with E-state index in [4.69, 9.17) is 5.73 Å². The van der Waals surface area contributed by atoms with E-state index in [1.165, 1.54) is 0 Å². The maximum Gasteiger partial charge on any atom is 0.222 e. The predicted molar refractivity (Wildman–Crippen MR) is 107 cm³/mol. The number of aromatic nitrogens is 2. The normalized spacial score (nSPS) is 19.6. The van der Waals surface area contributed by atoms with Crippen LogP contribution in [0.2, 0.25) is 0 Å². The lowest BCUT2D eigenvalue weighted by molar-refractivity contribution is -0.132. The molecule has 1 fully saturated rings. The van der Waals surface area contributed by atoms with Crippen LogP contribution in [-0.2, 0) is 4.79 Å². The molecule has 3 heterocycles. The van der Waals surface area contributed by atoms with Gasteiger partial charge in [0.1, 0.15) is 11.1 Å². The van der Waals surface area contributed by atoms with Crippen molar-refractivity contribution in [3.8, 4) is 0 Å². The fourth-order valence-electron chi connectivity index (χ4n) is 3.70. The van der Waals surface area contributed by atoms with Crippen LogP contribution in [0.25, 0.3) is 11.0 Å². The van der Waals surface area contributed by atoms with Gasteiger partial charge in [0.25, 0.3) is 0 Å². The predicted octanol–water partition coefficient (Wildman–Crippen LogP) is 1.47. The van der Waals surface area contributed by atoms with E-state index in [0.29, 0.717) is 32.5 Å². The lowest BCUT2D eigenvalue weighted by Gasteiger charge is -2.29. The number of hydrogen-bond acceptors (Lipinski definition) is 6. The molecule has 0 aromatic carbocycles. The van der Waals surface area contributed by atoms with Crippen LogP contribution in [0.5, 0.6) is 0 Å². The summed E-state index contributed by atoms with van der Waals surface area (Å²) in [6, 6.07) is 5.87. The van der Waals surface area contributed by atoms with Crippen LogP contribution in [0, 0.1) is 6.92 Å². The number of fused-ring (bicyclic) bond motifs is 1. The largest absolute Gasteiger partial charge is 0.386 e. The molecule has 3 rings (SSSR count). The van der Waals surface area contributed by atoms with E-state index in [1.807, 2.05) is 25.1 Å². The molecule has 0 radical (unpaired) electrons. The van der Waals surface area contributed by atoms with Gasteiger partial charge in [-0.25, -0.2) is 4.98 Å². The first kappa shape index (κ1) is 19.5. The number of β-amino-alcohol motifs (C(OH)–C–C–N with tert-alkyl or cyclic N) is 1. The van der Waals surface area contributed by atoms with Crippen LogP contribution in [-0.4, -0.2) is 64.7 Å². The third-order valence-electron chi connectivity index (χ3n) is 5.18. The van der Waals surface area contributed by atoms with Crippen molar-refractivity contribution in [2.75, 3.05) is 38.1 Å². The number of likely N-dealkylation sites (N-methyl/N-ethyl adjacent to an activating group) is 1. The van der Waals surface area contributed by atoms with E-state index in [1.54, 1.807) is 18.1 Å². The van der Waals surface area contributed by atoms with Crippen LogP contribution >= 0.6 is 0 Å². The number of aliphatic hydroxyl groups is 1. The van der Waals surface area contributed by atoms with Crippen LogP contribution in [0.3, 0.4) is 0 Å². The minimum absolute atomic E-state index is 0.0574. The SMILES string of the molecule is Cc1ccc2nccc(N3CC[C@](O)(CN(C)C(=O)CCCCN)C3)c2n1. The van der Waals surface area contributed by atoms with Gasteiger partial charge in [0, 0.05) is 38.4 Å². The number of unbranched alkanes of at least 4 members (excludes halogenated alkanes) is 1. The Morgan fingerprint density at radius 1 is 1.37 bits per heavy atom. The summed E-state index contributed by atoms with van der Waals surface area (Å²) in [7, 11) is 1.76. The Morgan fingerprint density at radius 3 is 2.96 bits per heavy atom. The third-order valence-corrected chi connectivity index (χ3v) is 5.18. The zero-order valence-electron chi connectivity index (χ0n) is 16.2. The van der Waals surface area contributed by atoms with Crippen molar-refractivity contribution in [2.45, 2.75) is 38.2 Å². The summed E-state index contributed by atoms with van der Waals surface area (Å²) in [6.07, 6.45) is 4.51. The fraction of sp³-hybridized carbons (Fsp3) is 0.550. The standard InChI is InChI=1S/C20H29N5O2/c1-15-6-7-16-19(23-15)17(8-11-22-16)25-12-9-20(27,14-25)13-24(2)18(26)5-3-4-10-21/h6-8,11,27H,3-5,9-10,12-14,21H2,1-2H3/t20-/m0/s1. The zero-order valence-corrected chi connectivity index (χ0v) is 16.2. The number of anilines is 1. The summed E-state index contributed by atoms with van der Waals surface area (Å²) in [5, 5.41) is 11.0. The molecule has 7 heteroatoms. The van der Waals surface area contributed by atoms with Crippen molar-refractivity contribution in [1.29, 1.82) is 0 Å². The molecule has 0 aliphatic carbocycles. The second-order valence-electron chi connectivity index (χ2n) is 7.54. The number of rotatable bonds is 7. The molecule has 0 saturated carbocycles. The lowest BCUT2D eigenvalue weighted by Crippen LogP contribution is -2.45. The van der Waals surface area contributed by atoms with Crippen molar-refractivity contribution in [1.82, 2.24) is 14.9 Å². The highest BCUT2D eigenvalue weighted by atomic mass is 16.3. The Kier molecular flexibility index (Phi) is 5.92. The molecule has 2 aromatic heterocycles. The molecule has 0 unspecified atom stereocenters. The van der Waals surface area contributed by atoms with Gasteiger partial charge in [0.15, 0.2) is 0 Å². The second kappa shape index (κ2) is 8.19. The van der Waals surface area contributed by atoms with Crippen LogP contribution in [0.1, 0.15) is 31.4 Å². The molecule has 0 spiro atoms. The van der Waals surface area contributed by atoms with E-state index in [2.05, 4.69) is 14.9 Å². The topological polar surface area (TPSA) is 95.6 Å². The van der Waals surface area contributed by atoms with Crippen molar-refractivity contribution >= 4 is 22.6 Å². The molecule has 1 atom stereocenters. The van der Waals surface area contributed by atoms with Gasteiger partial charge in [0.2, 0.25) is 5.91 Å². The van der Waals surface area contributed by atoms with Gasteiger partial charge in [-0.2, -0.15) is 0 Å². The highest BCUT2D eigenvalue weighted by Gasteiger charge is 2.38. The summed E-state index contributed by atoms with van der Waals surface area (Å²) in [6.45, 7) is 4.09. The number of carbonyl (C=O) groups is 1. The van der Waals surface area contributed by atoms with Crippen molar-refractivity contribution in [3.63, 3.8) is 0 Å². The van der Waals surface area contributed by atoms with Gasteiger partial charge < -0.3 is 20.6 Å². The average molecular weight is 371 g/mol. The highest BCUT2D eigenvalue weighted by Crippen LogP contribution is 2.31. The Morgan fingerprint density at radius 2 is 2.19 bits per heavy atom. The number of nitrogens with two attached hydrogens (primary N) is 1. The average Bonchev–Trinajstić information content (AvgIpc) is 3.02. The Labute approximate surface area is 160 Å². The minimum Gasteiger partial charge on any atom is -0.386 e. The van der Waals surface area contributed by atoms with Crippen LogP contribution in [0.15, 0.2) is 24.4 Å². The third kappa shape index (κ3) is 4.54. The van der Waals surface area contributed by atoms with Gasteiger partial charge in [-0.1, -0.05) is 0 Å². The molecule has 7 nitrogen and oxygen atoms in total. The Balaban J connectivity index is 1.69. The van der Waals surface area contributed by atoms with Crippen molar-refractivity contribution in [3.05, 3.63) is 30.1 Å². The number of hydrogen-bond donors (Lipinski definition) is 2. The van der Waals surface area contributed by atoms with Gasteiger partial charge in [0.05, 0.1) is 17.7 Å². The van der Waals surface area contributed by atoms with E-state index in [-0.39, 0.29) is 5.91 Å². The second-order valence-corrected chi connectivity index (χ2v) is 7.54. The molecule has 27 heavy (non-hydrogen) atoms. The molecule has 1 aliphatic heterocycles. The van der Waals surface area contributed by atoms with Crippen LogP contribution < -0.4 is 10.6 Å². The first-order valence-corrected chi connectivity index (χ1v) is 9.56. The van der Waals surface area contributed by atoms with Gasteiger partial charge in [-0.3, -0.25) is 9.78 Å². The molecule has 2 aromatic rings. The molecule has 1 saturated heterocycles. The van der Waals surface area contributed by atoms with E-state index in [9.17, 15) is 9.90 Å². The quantitative estimate of drug-likeness (QED) is 0.716. The van der Waals surface area contributed by atoms with Crippen LogP contribution in [0.4, 0.5) is 5.69 Å². The molecule has 146 valence electrons. The first-order valence-electron chi connectivity index (χ1n) is 9.56. The highest BCUT2D eigenvalue weighted by molar-refractivity contribution is 5.88. The summed E-state index contributed by atoms with van der Waals surface area (Å²) >= 11 is 0. The number of pyridine rings is 2. The lowest BCUT2D eigenvalue weighted by atomic mass is 10.0. The summed E-state index contributed by atoms with van der Waals surface area (Å²) in [5.74, 6) is 0.0574. The summed E-state index contributed by atoms with van der Waals surface area (Å²) in [4.78, 5) is 25.1. The Bertz CT molecular complexity index is 812. The van der Waals surface area contributed by atoms with Crippen molar-refractivity contribution < 1.29 is 9.90 Å². The maximum absolute atomic E-state index is 12.3. The zero-order chi connectivity index (χ0) is 19.4. The molecule has 0 bridgehead atoms. The number of carbonyl (C=O) groups excluding carboxylic acids is 1. The molecule has 1 aliphatic rings. The van der Waals surface area contributed by atoms with Crippen molar-refractivity contribution in [2.24, 2.45) is 5.73 Å². The van der Waals surface area contributed by atoms with E-state index < -0.39 is 5.60 Å².